The van der Waals surface area contributed by atoms with Gasteiger partial charge in [0.25, 0.3) is 0 Å². The van der Waals surface area contributed by atoms with E-state index in [-0.39, 0.29) is 17.1 Å². The van der Waals surface area contributed by atoms with Gasteiger partial charge in [-0.2, -0.15) is 0 Å². The average molecular weight is 700 g/mol. The third-order valence-electron chi connectivity index (χ3n) is 9.43. The molecule has 0 aliphatic carbocycles. The number of nitrogens with one attached hydrogen (secondary N) is 1. The largest absolute Gasteiger partial charge is 0.300 e. The number of hydrogen-bond donors (Lipinski definition) is 1. The molecule has 0 amide bonds. The number of carbonyl (C=O) groups is 1. The lowest BCUT2D eigenvalue weighted by molar-refractivity contribution is -0.122. The molecule has 5 heteroatoms. The van der Waals surface area contributed by atoms with E-state index in [1.165, 1.54) is 6.92 Å². The number of hydrogen-bond acceptors (Lipinski definition) is 3. The van der Waals surface area contributed by atoms with E-state index >= 15 is 0 Å². The van der Waals surface area contributed by atoms with E-state index in [9.17, 15) is 13.2 Å². The van der Waals surface area contributed by atoms with Crippen molar-refractivity contribution in [3.8, 4) is 11.8 Å². The second kappa shape index (κ2) is 16.5. The molecule has 1 N–H and O–H groups in total. The molecule has 0 bridgehead atoms. The lowest BCUT2D eigenvalue weighted by Crippen LogP contribution is -2.40. The molecule has 0 spiro atoms. The fourth-order valence-electron chi connectivity index (χ4n) is 6.66. The van der Waals surface area contributed by atoms with E-state index in [0.29, 0.717) is 5.56 Å². The predicted molar refractivity (Wildman–Crippen MR) is 211 cm³/mol. The zero-order chi connectivity index (χ0) is 36.4. The van der Waals surface area contributed by atoms with Gasteiger partial charge in [0, 0.05) is 5.92 Å². The van der Waals surface area contributed by atoms with Gasteiger partial charge >= 0.3 is 0 Å². The van der Waals surface area contributed by atoms with Gasteiger partial charge in [-0.25, -0.2) is 13.1 Å². The van der Waals surface area contributed by atoms with Crippen molar-refractivity contribution >= 4 is 21.4 Å². The van der Waals surface area contributed by atoms with Crippen molar-refractivity contribution in [1.29, 1.82) is 0 Å². The first kappa shape index (κ1) is 36.0. The third kappa shape index (κ3) is 8.38. The van der Waals surface area contributed by atoms with Gasteiger partial charge < -0.3 is 0 Å². The Labute approximate surface area is 308 Å². The number of sulfonamides is 1. The Hall–Kier alpha value is -5.80. The molecule has 258 valence electrons. The molecule has 0 aliphatic rings. The lowest BCUT2D eigenvalue weighted by Gasteiger charge is -2.36. The monoisotopic (exact) mass is 699 g/mol. The Morgan fingerprint density at radius 2 is 1.10 bits per heavy atom. The van der Waals surface area contributed by atoms with Crippen LogP contribution in [0.2, 0.25) is 0 Å². The van der Waals surface area contributed by atoms with Crippen LogP contribution in [0.4, 0.5) is 0 Å². The number of benzene rings is 6. The summed E-state index contributed by atoms with van der Waals surface area (Å²) in [6, 6.07) is 55.4. The van der Waals surface area contributed by atoms with Gasteiger partial charge in [-0.15, -0.1) is 0 Å². The quantitative estimate of drug-likeness (QED) is 0.129. The normalized spacial score (nSPS) is 12.5. The van der Waals surface area contributed by atoms with Gasteiger partial charge in [-0.1, -0.05) is 181 Å². The molecule has 0 radical (unpaired) electrons. The summed E-state index contributed by atoms with van der Waals surface area (Å²) < 4.78 is 31.0. The van der Waals surface area contributed by atoms with Crippen molar-refractivity contribution in [1.82, 2.24) is 4.72 Å². The van der Waals surface area contributed by atoms with Gasteiger partial charge in [-0.05, 0) is 71.9 Å². The summed E-state index contributed by atoms with van der Waals surface area (Å²) in [5.74, 6) is 6.18. The van der Waals surface area contributed by atoms with E-state index in [4.69, 9.17) is 0 Å². The summed E-state index contributed by atoms with van der Waals surface area (Å²) in [4.78, 5) is 14.2. The Balaban J connectivity index is 1.55. The second-order valence-corrected chi connectivity index (χ2v) is 14.7. The molecule has 6 aromatic carbocycles. The summed E-state index contributed by atoms with van der Waals surface area (Å²) in [5.41, 5.74) is 5.48. The van der Waals surface area contributed by atoms with Crippen LogP contribution in [0.5, 0.6) is 0 Å². The van der Waals surface area contributed by atoms with Crippen molar-refractivity contribution in [2.75, 3.05) is 0 Å². The molecule has 6 rings (SSSR count). The number of aryl methyl sites for hydroxylation is 1. The summed E-state index contributed by atoms with van der Waals surface area (Å²) in [6.07, 6.45) is 2.15. The van der Waals surface area contributed by atoms with Gasteiger partial charge in [-0.3, -0.25) is 4.79 Å². The van der Waals surface area contributed by atoms with E-state index < -0.39 is 27.4 Å². The molecule has 0 saturated heterocycles. The van der Waals surface area contributed by atoms with Gasteiger partial charge in [0.15, 0.2) is 0 Å². The van der Waals surface area contributed by atoms with Crippen LogP contribution in [0.3, 0.4) is 0 Å². The first-order valence-electron chi connectivity index (χ1n) is 17.4. The molecule has 4 nitrogen and oxygen atoms in total. The molecule has 2 atom stereocenters. The van der Waals surface area contributed by atoms with Crippen LogP contribution in [0.25, 0.3) is 5.57 Å². The summed E-state index contributed by atoms with van der Waals surface area (Å²) >= 11 is 0. The average Bonchev–Trinajstić information content (AvgIpc) is 3.19. The van der Waals surface area contributed by atoms with E-state index in [2.05, 4.69) is 40.8 Å². The Morgan fingerprint density at radius 1 is 0.654 bits per heavy atom. The highest BCUT2D eigenvalue weighted by molar-refractivity contribution is 7.89. The molecule has 0 unspecified atom stereocenters. The SMILES string of the molecule is CC(=O)[C@@H](CC(C#CC=C(c1ccccc1)c1ccccc1)(c1ccccc1)c1ccccc1)[C@H](NS(=O)(=O)c1ccc(C)cc1)c1ccccc1. The maximum atomic E-state index is 14.0. The minimum atomic E-state index is -4.03. The van der Waals surface area contributed by atoms with Crippen LogP contribution in [0.15, 0.2) is 187 Å². The van der Waals surface area contributed by atoms with Crippen molar-refractivity contribution in [2.45, 2.75) is 36.6 Å². The van der Waals surface area contributed by atoms with Gasteiger partial charge in [0.05, 0.1) is 16.4 Å². The smallest absolute Gasteiger partial charge is 0.241 e. The zero-order valence-corrected chi connectivity index (χ0v) is 30.1. The Morgan fingerprint density at radius 3 is 1.56 bits per heavy atom. The lowest BCUT2D eigenvalue weighted by atomic mass is 9.67. The molecule has 52 heavy (non-hydrogen) atoms. The van der Waals surface area contributed by atoms with E-state index in [0.717, 1.165) is 33.4 Å². The Bertz CT molecular complexity index is 2200. The third-order valence-corrected chi connectivity index (χ3v) is 10.9. The number of rotatable bonds is 12. The van der Waals surface area contributed by atoms with Crippen molar-refractivity contribution in [3.05, 3.63) is 215 Å². The minimum Gasteiger partial charge on any atom is -0.300 e. The van der Waals surface area contributed by atoms with Crippen LogP contribution in [-0.4, -0.2) is 14.2 Å². The molecular formula is C47H41NO3S. The molecular weight excluding hydrogens is 659 g/mol. The zero-order valence-electron chi connectivity index (χ0n) is 29.3. The topological polar surface area (TPSA) is 63.2 Å². The predicted octanol–water partition coefficient (Wildman–Crippen LogP) is 9.73. The first-order valence-corrected chi connectivity index (χ1v) is 18.8. The van der Waals surface area contributed by atoms with Crippen LogP contribution < -0.4 is 4.72 Å². The maximum absolute atomic E-state index is 14.0. The fraction of sp³-hybridized carbons (Fsp3) is 0.128. The van der Waals surface area contributed by atoms with Gasteiger partial charge in [0.1, 0.15) is 5.78 Å². The van der Waals surface area contributed by atoms with E-state index in [1.54, 1.807) is 24.3 Å². The number of ketones is 1. The van der Waals surface area contributed by atoms with Crippen LogP contribution in [0, 0.1) is 24.7 Å². The number of carbonyl (C=O) groups excluding carboxylic acids is 1. The molecule has 0 saturated carbocycles. The Kier molecular flexibility index (Phi) is 11.4. The first-order chi connectivity index (χ1) is 25.3. The van der Waals surface area contributed by atoms with Crippen LogP contribution >= 0.6 is 0 Å². The second-order valence-electron chi connectivity index (χ2n) is 12.9. The maximum Gasteiger partial charge on any atom is 0.241 e. The molecule has 0 heterocycles. The van der Waals surface area contributed by atoms with Crippen LogP contribution in [0.1, 0.15) is 52.8 Å². The molecule has 0 aliphatic heterocycles. The summed E-state index contributed by atoms with van der Waals surface area (Å²) in [5, 5.41) is 0. The highest BCUT2D eigenvalue weighted by Gasteiger charge is 2.41. The fourth-order valence-corrected chi connectivity index (χ4v) is 7.93. The molecule has 0 fully saturated rings. The molecule has 6 aromatic rings. The van der Waals surface area contributed by atoms with Gasteiger partial charge in [0.2, 0.25) is 10.0 Å². The number of allylic oxidation sites excluding steroid dienone is 1. The highest BCUT2D eigenvalue weighted by Crippen LogP contribution is 2.42. The van der Waals surface area contributed by atoms with E-state index in [1.807, 2.05) is 140 Å². The van der Waals surface area contributed by atoms with Crippen LogP contribution in [-0.2, 0) is 20.2 Å². The van der Waals surface area contributed by atoms with Crippen molar-refractivity contribution in [3.63, 3.8) is 0 Å². The molecule has 0 aromatic heterocycles. The van der Waals surface area contributed by atoms with Crippen molar-refractivity contribution in [2.24, 2.45) is 5.92 Å². The summed E-state index contributed by atoms with van der Waals surface area (Å²) in [6.45, 7) is 3.45. The standard InChI is InChI=1S/C47H41NO3S/c1-36-30-32-43(33-31-36)52(50,51)48-46(40-23-12-5-13-24-40)45(37(2)49)35-47(41-25-14-6-15-26-41,42-27-16-7-17-28-42)34-18-29-44(38-19-8-3-9-20-38)39-21-10-4-11-22-39/h3-17,19-33,45-46,48H,35H2,1-2H3/t45-,46-/m1/s1. The summed E-state index contributed by atoms with van der Waals surface area (Å²) in [7, 11) is -4.03. The highest BCUT2D eigenvalue weighted by atomic mass is 32.2. The van der Waals surface area contributed by atoms with Crippen molar-refractivity contribution < 1.29 is 13.2 Å². The number of Topliss-reactive ketones (excluding diaryl/α,β-unsaturated/α-hetero) is 1. The minimum absolute atomic E-state index is 0.137.